The first kappa shape index (κ1) is 13.9. The number of nitrogens with zero attached hydrogens (tertiary/aromatic N) is 2. The van der Waals surface area contributed by atoms with Crippen LogP contribution in [-0.2, 0) is 10.0 Å². The van der Waals surface area contributed by atoms with Crippen LogP contribution in [0.5, 0.6) is 0 Å². The molecule has 17 heavy (non-hydrogen) atoms. The van der Waals surface area contributed by atoms with Crippen LogP contribution in [-0.4, -0.2) is 30.8 Å². The zero-order valence-electron chi connectivity index (χ0n) is 10.3. The van der Waals surface area contributed by atoms with Crippen molar-refractivity contribution in [2.75, 3.05) is 18.8 Å². The monoisotopic (exact) mass is 257 g/mol. The molecule has 0 aliphatic carbocycles. The molecule has 1 aromatic rings. The lowest BCUT2D eigenvalue weighted by Gasteiger charge is -2.20. The van der Waals surface area contributed by atoms with E-state index in [-0.39, 0.29) is 10.7 Å². The van der Waals surface area contributed by atoms with Gasteiger partial charge in [0.2, 0.25) is 10.0 Å². The van der Waals surface area contributed by atoms with E-state index < -0.39 is 10.0 Å². The Kier molecular flexibility index (Phi) is 4.89. The molecular weight excluding hydrogens is 238 g/mol. The number of hydrogen-bond donors (Lipinski definition) is 1. The number of anilines is 1. The van der Waals surface area contributed by atoms with Gasteiger partial charge in [0.25, 0.3) is 0 Å². The van der Waals surface area contributed by atoms with Gasteiger partial charge < -0.3 is 5.73 Å². The maximum absolute atomic E-state index is 12.3. The zero-order chi connectivity index (χ0) is 12.9. The van der Waals surface area contributed by atoms with Crippen molar-refractivity contribution in [1.29, 1.82) is 0 Å². The predicted molar refractivity (Wildman–Crippen MR) is 68.0 cm³/mol. The van der Waals surface area contributed by atoms with Crippen LogP contribution in [0.2, 0.25) is 0 Å². The maximum atomic E-state index is 12.3. The van der Waals surface area contributed by atoms with E-state index in [1.165, 1.54) is 22.6 Å². The first-order valence-electron chi connectivity index (χ1n) is 5.74. The fraction of sp³-hybridized carbons (Fsp3) is 0.545. The van der Waals surface area contributed by atoms with Gasteiger partial charge in [-0.3, -0.25) is 0 Å². The summed E-state index contributed by atoms with van der Waals surface area (Å²) in [5, 5.41) is 0. The molecule has 0 unspecified atom stereocenters. The second-order valence-electron chi connectivity index (χ2n) is 3.77. The summed E-state index contributed by atoms with van der Waals surface area (Å²) >= 11 is 0. The molecule has 0 spiro atoms. The fourth-order valence-corrected chi connectivity index (χ4v) is 3.03. The molecule has 0 radical (unpaired) electrons. The molecule has 1 aromatic heterocycles. The standard InChI is InChI=1S/C11H19N3O2S/c1-3-5-8-14(4-2)17(15,16)10-6-7-13-11(12)9-10/h6-7,9H,3-5,8H2,1-2H3,(H2,12,13). The normalized spacial score (nSPS) is 11.9. The number of pyridine rings is 1. The van der Waals surface area contributed by atoms with E-state index in [9.17, 15) is 8.42 Å². The lowest BCUT2D eigenvalue weighted by atomic mass is 10.3. The van der Waals surface area contributed by atoms with Crippen molar-refractivity contribution >= 4 is 15.8 Å². The first-order valence-corrected chi connectivity index (χ1v) is 7.18. The van der Waals surface area contributed by atoms with Crippen LogP contribution in [0.15, 0.2) is 23.2 Å². The van der Waals surface area contributed by atoms with E-state index >= 15 is 0 Å². The molecule has 6 heteroatoms. The summed E-state index contributed by atoms with van der Waals surface area (Å²) in [6, 6.07) is 2.87. The van der Waals surface area contributed by atoms with Crippen LogP contribution in [0.25, 0.3) is 0 Å². The van der Waals surface area contributed by atoms with Gasteiger partial charge in [-0.15, -0.1) is 0 Å². The molecule has 0 saturated heterocycles. The van der Waals surface area contributed by atoms with Gasteiger partial charge in [0, 0.05) is 25.4 Å². The Morgan fingerprint density at radius 1 is 1.41 bits per heavy atom. The van der Waals surface area contributed by atoms with Gasteiger partial charge in [-0.2, -0.15) is 4.31 Å². The second kappa shape index (κ2) is 5.97. The molecule has 0 saturated carbocycles. The maximum Gasteiger partial charge on any atom is 0.243 e. The largest absolute Gasteiger partial charge is 0.384 e. The van der Waals surface area contributed by atoms with Crippen LogP contribution in [0, 0.1) is 0 Å². The lowest BCUT2D eigenvalue weighted by Crippen LogP contribution is -2.31. The molecule has 0 atom stereocenters. The Morgan fingerprint density at radius 2 is 2.12 bits per heavy atom. The van der Waals surface area contributed by atoms with Crippen molar-refractivity contribution in [1.82, 2.24) is 9.29 Å². The minimum absolute atomic E-state index is 0.211. The average molecular weight is 257 g/mol. The Balaban J connectivity index is 3.00. The van der Waals surface area contributed by atoms with E-state index in [4.69, 9.17) is 5.73 Å². The van der Waals surface area contributed by atoms with Crippen LogP contribution in [0.3, 0.4) is 0 Å². The number of aromatic nitrogens is 1. The number of rotatable bonds is 6. The van der Waals surface area contributed by atoms with Crippen molar-refractivity contribution < 1.29 is 8.42 Å². The van der Waals surface area contributed by atoms with Crippen LogP contribution >= 0.6 is 0 Å². The number of hydrogen-bond acceptors (Lipinski definition) is 4. The smallest absolute Gasteiger partial charge is 0.243 e. The highest BCUT2D eigenvalue weighted by Crippen LogP contribution is 2.17. The molecule has 0 aromatic carbocycles. The summed E-state index contributed by atoms with van der Waals surface area (Å²) < 4.78 is 26.0. The van der Waals surface area contributed by atoms with E-state index in [0.29, 0.717) is 13.1 Å². The van der Waals surface area contributed by atoms with Crippen molar-refractivity contribution in [2.24, 2.45) is 0 Å². The highest BCUT2D eigenvalue weighted by atomic mass is 32.2. The lowest BCUT2D eigenvalue weighted by molar-refractivity contribution is 0.419. The molecular formula is C11H19N3O2S. The van der Waals surface area contributed by atoms with Crippen molar-refractivity contribution in [3.63, 3.8) is 0 Å². The average Bonchev–Trinajstić information content (AvgIpc) is 2.30. The van der Waals surface area contributed by atoms with E-state index in [0.717, 1.165) is 12.8 Å². The second-order valence-corrected chi connectivity index (χ2v) is 5.70. The quantitative estimate of drug-likeness (QED) is 0.837. The number of nitrogen functional groups attached to an aromatic ring is 1. The minimum atomic E-state index is -3.43. The molecule has 1 heterocycles. The molecule has 5 nitrogen and oxygen atoms in total. The van der Waals surface area contributed by atoms with E-state index in [1.807, 2.05) is 13.8 Å². The highest BCUT2D eigenvalue weighted by molar-refractivity contribution is 7.89. The minimum Gasteiger partial charge on any atom is -0.384 e. The van der Waals surface area contributed by atoms with Gasteiger partial charge in [-0.1, -0.05) is 20.3 Å². The Morgan fingerprint density at radius 3 is 2.65 bits per heavy atom. The molecule has 96 valence electrons. The Labute approximate surface area is 103 Å². The van der Waals surface area contributed by atoms with Gasteiger partial charge in [0.15, 0.2) is 0 Å². The van der Waals surface area contributed by atoms with Crippen LogP contribution in [0.1, 0.15) is 26.7 Å². The van der Waals surface area contributed by atoms with Gasteiger partial charge in [0.1, 0.15) is 5.82 Å². The Bertz CT molecular complexity index is 460. The summed E-state index contributed by atoms with van der Waals surface area (Å²) in [6.07, 6.45) is 3.23. The first-order chi connectivity index (χ1) is 8.02. The van der Waals surface area contributed by atoms with Gasteiger partial charge in [-0.05, 0) is 12.5 Å². The molecule has 2 N–H and O–H groups in total. The van der Waals surface area contributed by atoms with E-state index in [2.05, 4.69) is 4.98 Å². The van der Waals surface area contributed by atoms with Crippen molar-refractivity contribution in [3.8, 4) is 0 Å². The predicted octanol–water partition coefficient (Wildman–Crippen LogP) is 1.47. The third kappa shape index (κ3) is 3.41. The van der Waals surface area contributed by atoms with E-state index in [1.54, 1.807) is 0 Å². The summed E-state index contributed by atoms with van der Waals surface area (Å²) in [4.78, 5) is 4.01. The highest BCUT2D eigenvalue weighted by Gasteiger charge is 2.22. The number of sulfonamides is 1. The Hall–Kier alpha value is -1.14. The summed E-state index contributed by atoms with van der Waals surface area (Å²) in [7, 11) is -3.43. The molecule has 1 rings (SSSR count). The number of unbranched alkanes of at least 4 members (excludes halogenated alkanes) is 1. The summed E-state index contributed by atoms with van der Waals surface area (Å²) in [5.74, 6) is 0.220. The van der Waals surface area contributed by atoms with Crippen molar-refractivity contribution in [2.45, 2.75) is 31.6 Å². The third-order valence-electron chi connectivity index (χ3n) is 2.50. The molecule has 0 bridgehead atoms. The zero-order valence-corrected chi connectivity index (χ0v) is 11.1. The van der Waals surface area contributed by atoms with Crippen LogP contribution in [0.4, 0.5) is 5.82 Å². The van der Waals surface area contributed by atoms with Gasteiger partial charge in [0.05, 0.1) is 4.90 Å². The third-order valence-corrected chi connectivity index (χ3v) is 4.47. The van der Waals surface area contributed by atoms with Gasteiger partial charge >= 0.3 is 0 Å². The molecule has 0 fully saturated rings. The number of nitrogens with two attached hydrogens (primary N) is 1. The summed E-state index contributed by atoms with van der Waals surface area (Å²) in [6.45, 7) is 4.87. The fourth-order valence-electron chi connectivity index (χ4n) is 1.52. The SMILES string of the molecule is CCCCN(CC)S(=O)(=O)c1ccnc(N)c1. The van der Waals surface area contributed by atoms with Crippen LogP contribution < -0.4 is 5.73 Å². The van der Waals surface area contributed by atoms with Crippen molar-refractivity contribution in [3.05, 3.63) is 18.3 Å². The molecule has 0 amide bonds. The topological polar surface area (TPSA) is 76.3 Å². The van der Waals surface area contributed by atoms with Gasteiger partial charge in [-0.25, -0.2) is 13.4 Å². The molecule has 0 aliphatic rings. The molecule has 0 aliphatic heterocycles. The summed E-state index contributed by atoms with van der Waals surface area (Å²) in [5.41, 5.74) is 5.50.